The van der Waals surface area contributed by atoms with Gasteiger partial charge in [-0.15, -0.1) is 0 Å². The lowest BCUT2D eigenvalue weighted by Crippen LogP contribution is -2.32. The van der Waals surface area contributed by atoms with Crippen molar-refractivity contribution in [1.29, 1.82) is 0 Å². The van der Waals surface area contributed by atoms with E-state index in [0.29, 0.717) is 63.2 Å². The highest BCUT2D eigenvalue weighted by Crippen LogP contribution is 2.39. The smallest absolute Gasteiger partial charge is 0.439 e. The Morgan fingerprint density at radius 3 is 2.49 bits per heavy atom. The molecule has 0 bridgehead atoms. The van der Waals surface area contributed by atoms with E-state index in [1.807, 2.05) is 18.7 Å². The van der Waals surface area contributed by atoms with Gasteiger partial charge in [0, 0.05) is 48.3 Å². The third-order valence-corrected chi connectivity index (χ3v) is 7.93. The maximum atomic E-state index is 11.8. The number of aromatic amines is 1. The van der Waals surface area contributed by atoms with Gasteiger partial charge in [-0.3, -0.25) is 24.3 Å². The van der Waals surface area contributed by atoms with E-state index in [9.17, 15) is 14.7 Å². The molecule has 0 atom stereocenters. The molecule has 13 heteroatoms. The standard InChI is InChI=1S/C28H29ClN8O4/c1-15-4-6-18(7-5-15)14-36-24-21(32-26(36)37-16(2)12-35(28(39)40)13-17(37)3)9-22(25-33-27(38)41-34-25)31-23(24)19-8-20(29)11-30-10-19/h8-13,15,18H,4-7,14H2,1-3H3,(H,39,40)(H,33,34,38)/t15-,18-. The van der Waals surface area contributed by atoms with Crippen LogP contribution in [0.5, 0.6) is 0 Å². The normalized spacial score (nSPS) is 19.4. The Morgan fingerprint density at radius 2 is 1.85 bits per heavy atom. The predicted octanol–water partition coefficient (Wildman–Crippen LogP) is 5.84. The number of carboxylic acid groups (broad SMARTS) is 1. The Hall–Kier alpha value is -4.45. The second-order valence-electron chi connectivity index (χ2n) is 10.8. The number of aromatic nitrogens is 6. The van der Waals surface area contributed by atoms with E-state index in [2.05, 4.69) is 26.6 Å². The Balaban J connectivity index is 1.60. The van der Waals surface area contributed by atoms with Crippen molar-refractivity contribution in [2.24, 2.45) is 11.8 Å². The molecule has 1 amide bonds. The summed E-state index contributed by atoms with van der Waals surface area (Å²) in [6.07, 6.45) is 9.80. The molecule has 0 spiro atoms. The zero-order valence-corrected chi connectivity index (χ0v) is 23.6. The molecule has 4 aromatic rings. The number of hydrogen-bond donors (Lipinski definition) is 2. The molecule has 0 saturated heterocycles. The van der Waals surface area contributed by atoms with Crippen molar-refractivity contribution in [3.05, 3.63) is 63.9 Å². The van der Waals surface area contributed by atoms with Gasteiger partial charge >= 0.3 is 11.8 Å². The van der Waals surface area contributed by atoms with Crippen molar-refractivity contribution >= 4 is 34.7 Å². The minimum Gasteiger partial charge on any atom is -0.464 e. The Labute approximate surface area is 240 Å². The van der Waals surface area contributed by atoms with Crippen molar-refractivity contribution in [3.8, 4) is 22.8 Å². The van der Waals surface area contributed by atoms with Crippen LogP contribution in [0.2, 0.25) is 5.02 Å². The highest BCUT2D eigenvalue weighted by atomic mass is 35.5. The number of amides is 1. The van der Waals surface area contributed by atoms with Gasteiger partial charge in [-0.25, -0.2) is 19.6 Å². The van der Waals surface area contributed by atoms with Crippen LogP contribution in [0.4, 0.5) is 10.7 Å². The van der Waals surface area contributed by atoms with E-state index >= 15 is 0 Å². The summed E-state index contributed by atoms with van der Waals surface area (Å²) in [4.78, 5) is 43.4. The lowest BCUT2D eigenvalue weighted by Gasteiger charge is -2.33. The molecule has 1 aliphatic heterocycles. The average molecular weight is 577 g/mol. The van der Waals surface area contributed by atoms with Gasteiger partial charge in [0.2, 0.25) is 11.8 Å². The first kappa shape index (κ1) is 26.8. The zero-order chi connectivity index (χ0) is 28.8. The van der Waals surface area contributed by atoms with Crippen LogP contribution < -0.4 is 10.7 Å². The number of anilines is 1. The van der Waals surface area contributed by atoms with Gasteiger partial charge in [0.25, 0.3) is 0 Å². The van der Waals surface area contributed by atoms with Crippen molar-refractivity contribution in [3.63, 3.8) is 0 Å². The van der Waals surface area contributed by atoms with Crippen LogP contribution in [0.15, 0.2) is 57.6 Å². The summed E-state index contributed by atoms with van der Waals surface area (Å²) < 4.78 is 6.92. The van der Waals surface area contributed by atoms with Gasteiger partial charge in [-0.2, -0.15) is 0 Å². The van der Waals surface area contributed by atoms with Crippen LogP contribution in [0.25, 0.3) is 33.8 Å². The number of fused-ring (bicyclic) bond motifs is 1. The van der Waals surface area contributed by atoms with Gasteiger partial charge in [0.15, 0.2) is 0 Å². The van der Waals surface area contributed by atoms with Gasteiger partial charge in [0.05, 0.1) is 21.7 Å². The number of nitrogens with one attached hydrogen (secondary N) is 1. The number of imidazole rings is 1. The molecule has 4 aromatic heterocycles. The summed E-state index contributed by atoms with van der Waals surface area (Å²) in [5.74, 6) is 1.24. The molecule has 0 unspecified atom stereocenters. The Bertz CT molecular complexity index is 1740. The van der Waals surface area contributed by atoms with Gasteiger partial charge in [-0.05, 0) is 50.7 Å². The molecule has 0 radical (unpaired) electrons. The second-order valence-corrected chi connectivity index (χ2v) is 11.2. The molecule has 2 N–H and O–H groups in total. The van der Waals surface area contributed by atoms with E-state index in [-0.39, 0.29) is 5.82 Å². The van der Waals surface area contributed by atoms with Crippen LogP contribution in [0.3, 0.4) is 0 Å². The van der Waals surface area contributed by atoms with Crippen molar-refractivity contribution in [2.75, 3.05) is 4.90 Å². The number of hydrogen-bond acceptors (Lipinski definition) is 8. The SMILES string of the molecule is CC1=CN(C(=O)O)C=C(C)N1c1nc2cc(-c3noc(=O)[nH]3)nc(-c3cncc(Cl)c3)c2n1C[C@H]1CC[C@H](C)CC1. The number of pyridine rings is 2. The monoisotopic (exact) mass is 576 g/mol. The molecule has 2 aliphatic rings. The zero-order valence-electron chi connectivity index (χ0n) is 22.8. The van der Waals surface area contributed by atoms with Crippen molar-refractivity contribution in [2.45, 2.75) is 53.0 Å². The number of halogens is 1. The van der Waals surface area contributed by atoms with Crippen LogP contribution in [-0.2, 0) is 6.54 Å². The molecular formula is C28H29ClN8O4. The summed E-state index contributed by atoms with van der Waals surface area (Å²) in [5.41, 5.74) is 4.41. The Morgan fingerprint density at radius 1 is 1.12 bits per heavy atom. The highest BCUT2D eigenvalue weighted by Gasteiger charge is 2.29. The van der Waals surface area contributed by atoms with Crippen molar-refractivity contribution in [1.82, 2.24) is 34.6 Å². The fourth-order valence-corrected chi connectivity index (χ4v) is 5.90. The summed E-state index contributed by atoms with van der Waals surface area (Å²) in [6, 6.07) is 3.55. The van der Waals surface area contributed by atoms with E-state index in [1.165, 1.54) is 0 Å². The number of rotatable bonds is 5. The summed E-state index contributed by atoms with van der Waals surface area (Å²) in [7, 11) is 0. The maximum absolute atomic E-state index is 11.8. The number of allylic oxidation sites excluding steroid dienone is 2. The number of nitrogens with zero attached hydrogens (tertiary/aromatic N) is 7. The van der Waals surface area contributed by atoms with Crippen LogP contribution in [-0.4, -0.2) is 45.8 Å². The predicted molar refractivity (Wildman–Crippen MR) is 153 cm³/mol. The van der Waals surface area contributed by atoms with E-state index in [0.717, 1.165) is 36.1 Å². The quantitative estimate of drug-likeness (QED) is 0.299. The average Bonchev–Trinajstić information content (AvgIpc) is 3.52. The molecule has 12 nitrogen and oxygen atoms in total. The first-order valence-electron chi connectivity index (χ1n) is 13.4. The third kappa shape index (κ3) is 5.10. The molecule has 1 aliphatic carbocycles. The van der Waals surface area contributed by atoms with Gasteiger partial charge < -0.3 is 9.67 Å². The summed E-state index contributed by atoms with van der Waals surface area (Å²) >= 11 is 6.36. The van der Waals surface area contributed by atoms with Crippen LogP contribution >= 0.6 is 11.6 Å². The van der Waals surface area contributed by atoms with Gasteiger partial charge in [0.1, 0.15) is 5.69 Å². The lowest BCUT2D eigenvalue weighted by atomic mass is 9.83. The van der Waals surface area contributed by atoms with Crippen LogP contribution in [0.1, 0.15) is 46.5 Å². The molecule has 5 heterocycles. The lowest BCUT2D eigenvalue weighted by molar-refractivity contribution is 0.174. The molecule has 212 valence electrons. The first-order chi connectivity index (χ1) is 19.7. The minimum absolute atomic E-state index is 0.174. The first-order valence-corrected chi connectivity index (χ1v) is 13.8. The third-order valence-electron chi connectivity index (χ3n) is 7.72. The van der Waals surface area contributed by atoms with Crippen LogP contribution in [0, 0.1) is 11.8 Å². The molecule has 41 heavy (non-hydrogen) atoms. The number of H-pyrrole nitrogens is 1. The van der Waals surface area contributed by atoms with E-state index in [4.69, 9.17) is 26.1 Å². The topological polar surface area (TPSA) is 146 Å². The summed E-state index contributed by atoms with van der Waals surface area (Å²) in [6.45, 7) is 6.69. The molecule has 0 aromatic carbocycles. The fraction of sp³-hybridized carbons (Fsp3) is 0.357. The van der Waals surface area contributed by atoms with Crippen molar-refractivity contribution < 1.29 is 14.4 Å². The minimum atomic E-state index is -1.07. The number of carbonyl (C=O) groups is 1. The molecule has 6 rings (SSSR count). The van der Waals surface area contributed by atoms with E-state index < -0.39 is 11.8 Å². The summed E-state index contributed by atoms with van der Waals surface area (Å²) in [5, 5.41) is 13.9. The largest absolute Gasteiger partial charge is 0.464 e. The molecule has 1 fully saturated rings. The highest BCUT2D eigenvalue weighted by molar-refractivity contribution is 6.30. The maximum Gasteiger partial charge on any atom is 0.439 e. The fourth-order valence-electron chi connectivity index (χ4n) is 5.72. The second kappa shape index (κ2) is 10.5. The van der Waals surface area contributed by atoms with E-state index in [1.54, 1.807) is 36.9 Å². The molecular weight excluding hydrogens is 548 g/mol. The molecule has 1 saturated carbocycles. The van der Waals surface area contributed by atoms with Gasteiger partial charge in [-0.1, -0.05) is 36.5 Å². The Kier molecular flexibility index (Phi) is 6.86.